The minimum Gasteiger partial charge on any atom is -0.374 e. The van der Waals surface area contributed by atoms with E-state index in [0.29, 0.717) is 19.0 Å². The zero-order valence-corrected chi connectivity index (χ0v) is 15.4. The van der Waals surface area contributed by atoms with E-state index in [9.17, 15) is 4.79 Å². The summed E-state index contributed by atoms with van der Waals surface area (Å²) in [4.78, 5) is 14.4. The molecule has 0 aromatic heterocycles. The van der Waals surface area contributed by atoms with Crippen LogP contribution in [-0.4, -0.2) is 49.8 Å². The van der Waals surface area contributed by atoms with Crippen molar-refractivity contribution in [3.8, 4) is 0 Å². The molecule has 0 spiro atoms. The first kappa shape index (κ1) is 18.7. The average molecular weight is 333 g/mol. The Morgan fingerprint density at radius 2 is 2.12 bits per heavy atom. The third-order valence-electron chi connectivity index (χ3n) is 4.27. The number of nitrogens with zero attached hydrogens (tertiary/aromatic N) is 1. The Morgan fingerprint density at radius 1 is 1.33 bits per heavy atom. The van der Waals surface area contributed by atoms with E-state index in [2.05, 4.69) is 61.4 Å². The SMILES string of the molecule is Cc1ccc(CNC(=O)NCC2CN(CC(C)C)CCO2)c(C)c1. The predicted molar refractivity (Wildman–Crippen MR) is 97.2 cm³/mol. The van der Waals surface area contributed by atoms with Crippen molar-refractivity contribution in [2.24, 2.45) is 5.92 Å². The summed E-state index contributed by atoms with van der Waals surface area (Å²) in [5.74, 6) is 0.651. The van der Waals surface area contributed by atoms with Gasteiger partial charge in [-0.05, 0) is 30.9 Å². The van der Waals surface area contributed by atoms with E-state index < -0.39 is 0 Å². The van der Waals surface area contributed by atoms with Gasteiger partial charge < -0.3 is 15.4 Å². The highest BCUT2D eigenvalue weighted by molar-refractivity contribution is 5.73. The number of morpholine rings is 1. The second kappa shape index (κ2) is 9.04. The summed E-state index contributed by atoms with van der Waals surface area (Å²) in [5.41, 5.74) is 3.59. The molecular weight excluding hydrogens is 302 g/mol. The first-order valence-corrected chi connectivity index (χ1v) is 8.86. The summed E-state index contributed by atoms with van der Waals surface area (Å²) in [5, 5.41) is 5.85. The van der Waals surface area contributed by atoms with Crippen LogP contribution >= 0.6 is 0 Å². The number of aryl methyl sites for hydroxylation is 2. The fourth-order valence-electron chi connectivity index (χ4n) is 3.07. The maximum Gasteiger partial charge on any atom is 0.315 e. The van der Waals surface area contributed by atoms with Crippen molar-refractivity contribution < 1.29 is 9.53 Å². The number of rotatable bonds is 6. The molecular formula is C19H31N3O2. The zero-order valence-electron chi connectivity index (χ0n) is 15.4. The highest BCUT2D eigenvalue weighted by Crippen LogP contribution is 2.10. The van der Waals surface area contributed by atoms with Crippen LogP contribution in [0.15, 0.2) is 18.2 Å². The average Bonchev–Trinajstić information content (AvgIpc) is 2.52. The number of amides is 2. The van der Waals surface area contributed by atoms with Crippen LogP contribution in [0.3, 0.4) is 0 Å². The van der Waals surface area contributed by atoms with Crippen LogP contribution in [0.25, 0.3) is 0 Å². The predicted octanol–water partition coefficient (Wildman–Crippen LogP) is 2.46. The Hall–Kier alpha value is -1.59. The lowest BCUT2D eigenvalue weighted by Crippen LogP contribution is -2.49. The molecule has 0 saturated carbocycles. The fourth-order valence-corrected chi connectivity index (χ4v) is 3.07. The van der Waals surface area contributed by atoms with Gasteiger partial charge in [0.05, 0.1) is 12.7 Å². The van der Waals surface area contributed by atoms with Gasteiger partial charge in [0, 0.05) is 32.7 Å². The summed E-state index contributed by atoms with van der Waals surface area (Å²) in [7, 11) is 0. The molecule has 1 unspecified atom stereocenters. The lowest BCUT2D eigenvalue weighted by Gasteiger charge is -2.33. The van der Waals surface area contributed by atoms with Gasteiger partial charge in [0.1, 0.15) is 0 Å². The smallest absolute Gasteiger partial charge is 0.315 e. The second-order valence-electron chi connectivity index (χ2n) is 7.14. The van der Waals surface area contributed by atoms with Crippen LogP contribution in [0.5, 0.6) is 0 Å². The van der Waals surface area contributed by atoms with Gasteiger partial charge in [-0.3, -0.25) is 4.90 Å². The lowest BCUT2D eigenvalue weighted by molar-refractivity contribution is -0.0290. The normalized spacial score (nSPS) is 18.6. The molecule has 0 aliphatic carbocycles. The molecule has 0 radical (unpaired) electrons. The third kappa shape index (κ3) is 6.13. The first-order valence-electron chi connectivity index (χ1n) is 8.86. The Morgan fingerprint density at radius 3 is 2.83 bits per heavy atom. The molecule has 1 aromatic carbocycles. The zero-order chi connectivity index (χ0) is 17.5. The number of hydrogen-bond acceptors (Lipinski definition) is 3. The van der Waals surface area contributed by atoms with Crippen molar-refractivity contribution in [1.82, 2.24) is 15.5 Å². The summed E-state index contributed by atoms with van der Waals surface area (Å²) in [6, 6.07) is 6.13. The van der Waals surface area contributed by atoms with Gasteiger partial charge in [0.15, 0.2) is 0 Å². The van der Waals surface area contributed by atoms with Crippen LogP contribution in [-0.2, 0) is 11.3 Å². The standard InChI is InChI=1S/C19H31N3O2/c1-14(2)12-22-7-8-24-18(13-22)11-21-19(23)20-10-17-6-5-15(3)9-16(17)4/h5-6,9,14,18H,7-8,10-13H2,1-4H3,(H2,20,21,23). The maximum atomic E-state index is 12.0. The van der Waals surface area contributed by atoms with Gasteiger partial charge in [0.25, 0.3) is 0 Å². The Kier molecular flexibility index (Phi) is 7.06. The summed E-state index contributed by atoms with van der Waals surface area (Å²) in [6.45, 7) is 13.4. The highest BCUT2D eigenvalue weighted by Gasteiger charge is 2.21. The first-order chi connectivity index (χ1) is 11.4. The third-order valence-corrected chi connectivity index (χ3v) is 4.27. The van der Waals surface area contributed by atoms with Crippen LogP contribution < -0.4 is 10.6 Å². The fraction of sp³-hybridized carbons (Fsp3) is 0.632. The van der Waals surface area contributed by atoms with Gasteiger partial charge >= 0.3 is 6.03 Å². The topological polar surface area (TPSA) is 53.6 Å². The highest BCUT2D eigenvalue weighted by atomic mass is 16.5. The Balaban J connectivity index is 1.71. The molecule has 1 heterocycles. The van der Waals surface area contributed by atoms with Crippen molar-refractivity contribution in [3.63, 3.8) is 0 Å². The molecule has 5 nitrogen and oxygen atoms in total. The molecule has 24 heavy (non-hydrogen) atoms. The van der Waals surface area contributed by atoms with Gasteiger partial charge in [-0.2, -0.15) is 0 Å². The monoisotopic (exact) mass is 333 g/mol. The van der Waals surface area contributed by atoms with E-state index in [0.717, 1.165) is 31.8 Å². The summed E-state index contributed by atoms with van der Waals surface area (Å²) < 4.78 is 5.75. The minimum absolute atomic E-state index is 0.0735. The lowest BCUT2D eigenvalue weighted by atomic mass is 10.1. The number of ether oxygens (including phenoxy) is 1. The summed E-state index contributed by atoms with van der Waals surface area (Å²) >= 11 is 0. The van der Waals surface area contributed by atoms with E-state index in [1.807, 2.05) is 0 Å². The van der Waals surface area contributed by atoms with Crippen molar-refractivity contribution in [1.29, 1.82) is 0 Å². The van der Waals surface area contributed by atoms with Crippen molar-refractivity contribution in [2.75, 3.05) is 32.8 Å². The molecule has 134 valence electrons. The van der Waals surface area contributed by atoms with E-state index in [1.165, 1.54) is 11.1 Å². The molecule has 2 amide bonds. The number of benzene rings is 1. The molecule has 1 aliphatic rings. The van der Waals surface area contributed by atoms with Gasteiger partial charge in [-0.15, -0.1) is 0 Å². The van der Waals surface area contributed by atoms with Crippen LogP contribution in [0.4, 0.5) is 4.79 Å². The summed E-state index contributed by atoms with van der Waals surface area (Å²) in [6.07, 6.45) is 0.0735. The van der Waals surface area contributed by atoms with E-state index in [-0.39, 0.29) is 12.1 Å². The van der Waals surface area contributed by atoms with Crippen LogP contribution in [0, 0.1) is 19.8 Å². The van der Waals surface area contributed by atoms with Gasteiger partial charge in [-0.25, -0.2) is 4.79 Å². The van der Waals surface area contributed by atoms with Gasteiger partial charge in [0.2, 0.25) is 0 Å². The van der Waals surface area contributed by atoms with Crippen LogP contribution in [0.2, 0.25) is 0 Å². The van der Waals surface area contributed by atoms with Crippen molar-refractivity contribution in [2.45, 2.75) is 40.3 Å². The molecule has 2 N–H and O–H groups in total. The molecule has 2 rings (SSSR count). The number of carbonyl (C=O) groups is 1. The molecule has 1 atom stereocenters. The number of hydrogen-bond donors (Lipinski definition) is 2. The largest absolute Gasteiger partial charge is 0.374 e. The van der Waals surface area contributed by atoms with E-state index in [1.54, 1.807) is 0 Å². The Labute approximate surface area is 145 Å². The number of carbonyl (C=O) groups excluding carboxylic acids is 1. The van der Waals surface area contributed by atoms with Crippen LogP contribution in [0.1, 0.15) is 30.5 Å². The molecule has 5 heteroatoms. The van der Waals surface area contributed by atoms with Crippen molar-refractivity contribution >= 4 is 6.03 Å². The number of nitrogens with one attached hydrogen (secondary N) is 2. The Bertz CT molecular complexity index is 545. The molecule has 0 bridgehead atoms. The van der Waals surface area contributed by atoms with Crippen molar-refractivity contribution in [3.05, 3.63) is 34.9 Å². The second-order valence-corrected chi connectivity index (χ2v) is 7.14. The minimum atomic E-state index is -0.139. The molecule has 1 saturated heterocycles. The van der Waals surface area contributed by atoms with Gasteiger partial charge in [-0.1, -0.05) is 37.6 Å². The number of urea groups is 1. The van der Waals surface area contributed by atoms with E-state index in [4.69, 9.17) is 4.74 Å². The molecule has 1 fully saturated rings. The molecule has 1 aromatic rings. The maximum absolute atomic E-state index is 12.0. The molecule has 1 aliphatic heterocycles. The quantitative estimate of drug-likeness (QED) is 0.841. The van der Waals surface area contributed by atoms with E-state index >= 15 is 0 Å².